The maximum Gasteiger partial charge on any atom is 0.266 e. The Hall–Kier alpha value is -2.75. The molecular formula is C18H14ClF4N5O. The number of halogens is 5. The van der Waals surface area contributed by atoms with Gasteiger partial charge in [-0.1, -0.05) is 11.6 Å². The number of piperidine rings is 1. The topological polar surface area (TPSA) is 63.4 Å². The van der Waals surface area contributed by atoms with Crippen LogP contribution in [0.4, 0.5) is 17.6 Å². The lowest BCUT2D eigenvalue weighted by atomic mass is 9.91. The van der Waals surface area contributed by atoms with Gasteiger partial charge in [0.1, 0.15) is 6.33 Å². The van der Waals surface area contributed by atoms with Crippen molar-refractivity contribution in [2.45, 2.75) is 25.2 Å². The van der Waals surface area contributed by atoms with Crippen LogP contribution in [0, 0.1) is 18.6 Å². The smallest absolute Gasteiger partial charge is 0.266 e. The summed E-state index contributed by atoms with van der Waals surface area (Å²) in [6.45, 7) is 0.790. The van der Waals surface area contributed by atoms with Crippen LogP contribution in [-0.4, -0.2) is 49.4 Å². The number of likely N-dealkylation sites (tertiary alicyclic amines) is 1. The molecule has 0 N–H and O–H groups in total. The normalized spacial score (nSPS) is 19.0. The van der Waals surface area contributed by atoms with Gasteiger partial charge in [0, 0.05) is 30.1 Å². The lowest BCUT2D eigenvalue weighted by Gasteiger charge is -2.37. The van der Waals surface area contributed by atoms with Gasteiger partial charge in [0.2, 0.25) is 0 Å². The minimum atomic E-state index is -3.19. The molecule has 1 amide bonds. The van der Waals surface area contributed by atoms with Crippen LogP contribution in [0.2, 0.25) is 5.02 Å². The Balaban J connectivity index is 1.71. The molecule has 0 saturated carbocycles. The summed E-state index contributed by atoms with van der Waals surface area (Å²) in [7, 11) is 0. The van der Waals surface area contributed by atoms with Crippen molar-refractivity contribution in [3.8, 4) is 0 Å². The Morgan fingerprint density at radius 3 is 2.76 bits per heavy atom. The van der Waals surface area contributed by atoms with Crippen molar-refractivity contribution >= 4 is 23.3 Å². The molecule has 0 bridgehead atoms. The van der Waals surface area contributed by atoms with E-state index in [0.29, 0.717) is 17.5 Å². The van der Waals surface area contributed by atoms with E-state index in [0.717, 1.165) is 11.0 Å². The van der Waals surface area contributed by atoms with E-state index in [4.69, 9.17) is 11.6 Å². The van der Waals surface area contributed by atoms with Crippen molar-refractivity contribution in [3.63, 3.8) is 0 Å². The van der Waals surface area contributed by atoms with Crippen molar-refractivity contribution in [1.82, 2.24) is 24.5 Å². The summed E-state index contributed by atoms with van der Waals surface area (Å²) < 4.78 is 57.4. The van der Waals surface area contributed by atoms with Crippen LogP contribution >= 0.6 is 11.6 Å². The van der Waals surface area contributed by atoms with Gasteiger partial charge in [0.15, 0.2) is 11.6 Å². The molecule has 3 heterocycles. The number of alkyl halides is 2. The van der Waals surface area contributed by atoms with Crippen molar-refractivity contribution in [1.29, 1.82) is 0 Å². The largest absolute Gasteiger partial charge is 0.332 e. The second-order valence-corrected chi connectivity index (χ2v) is 7.40. The van der Waals surface area contributed by atoms with Crippen LogP contribution in [0.3, 0.4) is 0 Å². The second-order valence-electron chi connectivity index (χ2n) is 6.99. The van der Waals surface area contributed by atoms with E-state index < -0.39 is 47.4 Å². The molecule has 0 radical (unpaired) electrons. The molecule has 0 spiro atoms. The molecule has 1 fully saturated rings. The lowest BCUT2D eigenvalue weighted by molar-refractivity contribution is -0.0641. The van der Waals surface area contributed by atoms with Gasteiger partial charge in [0.25, 0.3) is 17.6 Å². The number of amides is 1. The third-order valence-electron chi connectivity index (χ3n) is 4.75. The number of carbonyl (C=O) groups is 1. The summed E-state index contributed by atoms with van der Waals surface area (Å²) in [5.41, 5.74) is 0.701. The SMILES string of the molecule is Cc1cc(C2CN(C(=O)c3cc(F)c(F)c(Cl)c3)CC(F)(F)C2)n2ncnc2n1. The Morgan fingerprint density at radius 1 is 1.28 bits per heavy atom. The number of hydrogen-bond acceptors (Lipinski definition) is 4. The van der Waals surface area contributed by atoms with Crippen molar-refractivity contribution in [2.24, 2.45) is 0 Å². The van der Waals surface area contributed by atoms with Gasteiger partial charge >= 0.3 is 0 Å². The van der Waals surface area contributed by atoms with Crippen LogP contribution in [0.15, 0.2) is 24.5 Å². The van der Waals surface area contributed by atoms with E-state index in [9.17, 15) is 22.4 Å². The number of aromatic nitrogens is 4. The summed E-state index contributed by atoms with van der Waals surface area (Å²) in [4.78, 5) is 21.8. The number of carbonyl (C=O) groups excluding carboxylic acids is 1. The average Bonchev–Trinajstić information content (AvgIpc) is 3.11. The van der Waals surface area contributed by atoms with E-state index in [1.165, 1.54) is 10.8 Å². The van der Waals surface area contributed by atoms with Crippen LogP contribution in [0.25, 0.3) is 5.78 Å². The summed E-state index contributed by atoms with van der Waals surface area (Å²) in [6.07, 6.45) is 0.756. The first-order chi connectivity index (χ1) is 13.6. The van der Waals surface area contributed by atoms with Gasteiger partial charge in [-0.25, -0.2) is 27.1 Å². The third kappa shape index (κ3) is 3.64. The molecule has 29 heavy (non-hydrogen) atoms. The summed E-state index contributed by atoms with van der Waals surface area (Å²) in [6, 6.07) is 3.19. The summed E-state index contributed by atoms with van der Waals surface area (Å²) >= 11 is 5.59. The molecule has 152 valence electrons. The molecule has 1 unspecified atom stereocenters. The van der Waals surface area contributed by atoms with Gasteiger partial charge in [-0.15, -0.1) is 0 Å². The standard InChI is InChI=1S/C18H14ClF4N5O/c1-9-2-14(28-17(26-9)24-8-25-28)11-5-18(22,23)7-27(6-11)16(29)10-3-12(19)15(21)13(20)4-10/h2-4,8,11H,5-7H2,1H3. The third-order valence-corrected chi connectivity index (χ3v) is 5.03. The minimum absolute atomic E-state index is 0.0660. The van der Waals surface area contributed by atoms with Gasteiger partial charge < -0.3 is 4.90 Å². The molecule has 3 aromatic rings. The first-order valence-electron chi connectivity index (χ1n) is 8.63. The number of benzene rings is 1. The van der Waals surface area contributed by atoms with E-state index in [2.05, 4.69) is 15.1 Å². The predicted molar refractivity (Wildman–Crippen MR) is 95.1 cm³/mol. The quantitative estimate of drug-likeness (QED) is 0.463. The second kappa shape index (κ2) is 6.94. The van der Waals surface area contributed by atoms with Gasteiger partial charge in [0.05, 0.1) is 17.3 Å². The molecule has 1 atom stereocenters. The van der Waals surface area contributed by atoms with E-state index in [1.807, 2.05) is 0 Å². The highest BCUT2D eigenvalue weighted by Crippen LogP contribution is 2.37. The molecule has 4 rings (SSSR count). The minimum Gasteiger partial charge on any atom is -0.332 e. The predicted octanol–water partition coefficient (Wildman–Crippen LogP) is 3.63. The van der Waals surface area contributed by atoms with Gasteiger partial charge in [-0.3, -0.25) is 4.79 Å². The molecule has 11 heteroatoms. The van der Waals surface area contributed by atoms with Gasteiger partial charge in [-0.05, 0) is 25.1 Å². The Labute approximate surface area is 167 Å². The van der Waals surface area contributed by atoms with E-state index in [-0.39, 0.29) is 17.9 Å². The molecule has 1 aliphatic rings. The van der Waals surface area contributed by atoms with Crippen molar-refractivity contribution < 1.29 is 22.4 Å². The summed E-state index contributed by atoms with van der Waals surface area (Å²) in [5, 5.41) is 3.44. The molecule has 1 aromatic carbocycles. The zero-order chi connectivity index (χ0) is 20.9. The zero-order valence-electron chi connectivity index (χ0n) is 15.0. The monoisotopic (exact) mass is 427 g/mol. The average molecular weight is 428 g/mol. The number of hydrogen-bond donors (Lipinski definition) is 0. The number of aryl methyl sites for hydroxylation is 1. The highest BCUT2D eigenvalue weighted by atomic mass is 35.5. The first-order valence-corrected chi connectivity index (χ1v) is 9.01. The van der Waals surface area contributed by atoms with E-state index in [1.54, 1.807) is 13.0 Å². The van der Waals surface area contributed by atoms with E-state index >= 15 is 0 Å². The maximum atomic E-state index is 14.5. The Morgan fingerprint density at radius 2 is 2.03 bits per heavy atom. The molecule has 1 aliphatic heterocycles. The number of rotatable bonds is 2. The molecule has 0 aliphatic carbocycles. The Kier molecular flexibility index (Phi) is 4.68. The number of nitrogens with zero attached hydrogens (tertiary/aromatic N) is 5. The molecule has 6 nitrogen and oxygen atoms in total. The highest BCUT2D eigenvalue weighted by molar-refractivity contribution is 6.31. The lowest BCUT2D eigenvalue weighted by Crippen LogP contribution is -2.49. The zero-order valence-corrected chi connectivity index (χ0v) is 15.8. The van der Waals surface area contributed by atoms with Crippen molar-refractivity contribution in [2.75, 3.05) is 13.1 Å². The van der Waals surface area contributed by atoms with Crippen LogP contribution in [0.1, 0.15) is 34.1 Å². The number of fused-ring (bicyclic) bond motifs is 1. The molecular weight excluding hydrogens is 414 g/mol. The molecule has 1 saturated heterocycles. The highest BCUT2D eigenvalue weighted by Gasteiger charge is 2.43. The van der Waals surface area contributed by atoms with Crippen LogP contribution < -0.4 is 0 Å². The fraction of sp³-hybridized carbons (Fsp3) is 0.333. The maximum absolute atomic E-state index is 14.5. The summed E-state index contributed by atoms with van der Waals surface area (Å²) in [5.74, 6) is -7.18. The van der Waals surface area contributed by atoms with Crippen LogP contribution in [0.5, 0.6) is 0 Å². The van der Waals surface area contributed by atoms with Crippen LogP contribution in [-0.2, 0) is 0 Å². The fourth-order valence-electron chi connectivity index (χ4n) is 3.56. The first kappa shape index (κ1) is 19.6. The van der Waals surface area contributed by atoms with Gasteiger partial charge in [-0.2, -0.15) is 10.1 Å². The fourth-order valence-corrected chi connectivity index (χ4v) is 3.77. The Bertz CT molecular complexity index is 1100. The van der Waals surface area contributed by atoms with Crippen molar-refractivity contribution in [3.05, 3.63) is 58.1 Å². The molecule has 2 aromatic heterocycles.